The van der Waals surface area contributed by atoms with E-state index in [-0.39, 0.29) is 0 Å². The third kappa shape index (κ3) is 2.48. The standard InChI is InChI=1S/C12H14N2Si/c1-15(2,3)8-6-11-9-10-5-4-7-13-12(10)14-11/h4-5,7,9H,1-3H3,(H,13,14). The number of aromatic nitrogens is 2. The lowest BCUT2D eigenvalue weighted by Crippen LogP contribution is -2.16. The van der Waals surface area contributed by atoms with Crippen molar-refractivity contribution >= 4 is 19.1 Å². The van der Waals surface area contributed by atoms with E-state index in [1.807, 2.05) is 12.1 Å². The molecule has 0 bridgehead atoms. The summed E-state index contributed by atoms with van der Waals surface area (Å²) in [6.45, 7) is 6.71. The van der Waals surface area contributed by atoms with Crippen LogP contribution >= 0.6 is 0 Å². The fourth-order valence-electron chi connectivity index (χ4n) is 1.28. The summed E-state index contributed by atoms with van der Waals surface area (Å²) in [5, 5.41) is 1.12. The Balaban J connectivity index is 2.41. The molecule has 15 heavy (non-hydrogen) atoms. The van der Waals surface area contributed by atoms with E-state index in [2.05, 4.69) is 47.1 Å². The number of aromatic amines is 1. The van der Waals surface area contributed by atoms with Crippen molar-refractivity contribution in [2.24, 2.45) is 0 Å². The van der Waals surface area contributed by atoms with Crippen molar-refractivity contribution in [1.29, 1.82) is 0 Å². The van der Waals surface area contributed by atoms with Gasteiger partial charge in [0, 0.05) is 11.6 Å². The lowest BCUT2D eigenvalue weighted by molar-refractivity contribution is 1.31. The van der Waals surface area contributed by atoms with E-state index in [1.54, 1.807) is 6.20 Å². The molecule has 0 atom stereocenters. The van der Waals surface area contributed by atoms with Gasteiger partial charge in [0.15, 0.2) is 0 Å². The summed E-state index contributed by atoms with van der Waals surface area (Å²) in [7, 11) is -1.29. The Bertz CT molecular complexity index is 505. The van der Waals surface area contributed by atoms with Crippen LogP contribution in [0.1, 0.15) is 5.69 Å². The predicted octanol–water partition coefficient (Wildman–Crippen LogP) is 2.79. The van der Waals surface area contributed by atoms with E-state index in [0.29, 0.717) is 0 Å². The average molecular weight is 214 g/mol. The van der Waals surface area contributed by atoms with Crippen LogP contribution in [-0.2, 0) is 0 Å². The number of nitrogens with zero attached hydrogens (tertiary/aromatic N) is 1. The maximum absolute atomic E-state index is 4.23. The summed E-state index contributed by atoms with van der Waals surface area (Å²) < 4.78 is 0. The Hall–Kier alpha value is -1.53. The van der Waals surface area contributed by atoms with Crippen LogP contribution in [0.4, 0.5) is 0 Å². The summed E-state index contributed by atoms with van der Waals surface area (Å²) in [6, 6.07) is 6.03. The van der Waals surface area contributed by atoms with Gasteiger partial charge >= 0.3 is 0 Å². The first-order valence-electron chi connectivity index (χ1n) is 5.01. The zero-order valence-electron chi connectivity index (χ0n) is 9.26. The maximum Gasteiger partial charge on any atom is 0.138 e. The zero-order chi connectivity index (χ0) is 10.9. The Morgan fingerprint density at radius 3 is 2.80 bits per heavy atom. The zero-order valence-corrected chi connectivity index (χ0v) is 10.3. The molecule has 0 aliphatic rings. The van der Waals surface area contributed by atoms with E-state index in [1.165, 1.54) is 0 Å². The highest BCUT2D eigenvalue weighted by molar-refractivity contribution is 6.83. The van der Waals surface area contributed by atoms with Crippen molar-refractivity contribution in [2.75, 3.05) is 0 Å². The number of hydrogen-bond acceptors (Lipinski definition) is 1. The molecule has 2 nitrogen and oxygen atoms in total. The van der Waals surface area contributed by atoms with E-state index in [0.717, 1.165) is 16.7 Å². The van der Waals surface area contributed by atoms with Gasteiger partial charge in [0.1, 0.15) is 13.7 Å². The van der Waals surface area contributed by atoms with Gasteiger partial charge in [-0.25, -0.2) is 4.98 Å². The monoisotopic (exact) mass is 214 g/mol. The maximum atomic E-state index is 4.23. The minimum absolute atomic E-state index is 0.914. The molecular weight excluding hydrogens is 200 g/mol. The number of pyridine rings is 1. The molecule has 0 spiro atoms. The van der Waals surface area contributed by atoms with Crippen LogP contribution in [0.2, 0.25) is 19.6 Å². The van der Waals surface area contributed by atoms with E-state index in [9.17, 15) is 0 Å². The van der Waals surface area contributed by atoms with Gasteiger partial charge in [-0.1, -0.05) is 25.6 Å². The fourth-order valence-corrected chi connectivity index (χ4v) is 1.79. The number of H-pyrrole nitrogens is 1. The highest BCUT2D eigenvalue weighted by Crippen LogP contribution is 2.11. The molecule has 2 heterocycles. The van der Waals surface area contributed by atoms with Crippen LogP contribution in [0.3, 0.4) is 0 Å². The first-order valence-corrected chi connectivity index (χ1v) is 8.51. The first kappa shape index (κ1) is 10.0. The number of rotatable bonds is 0. The van der Waals surface area contributed by atoms with Crippen molar-refractivity contribution in [2.45, 2.75) is 19.6 Å². The molecule has 0 amide bonds. The summed E-state index contributed by atoms with van der Waals surface area (Å²) in [5.41, 5.74) is 5.21. The molecule has 2 aromatic rings. The van der Waals surface area contributed by atoms with Crippen LogP contribution in [0, 0.1) is 11.5 Å². The molecule has 3 heteroatoms. The highest BCUT2D eigenvalue weighted by Gasteiger charge is 2.07. The third-order valence-corrected chi connectivity index (χ3v) is 2.84. The molecule has 0 fully saturated rings. The number of nitrogens with one attached hydrogen (secondary N) is 1. The van der Waals surface area contributed by atoms with Crippen molar-refractivity contribution < 1.29 is 0 Å². The van der Waals surface area contributed by atoms with E-state index in [4.69, 9.17) is 0 Å². The Morgan fingerprint density at radius 2 is 2.13 bits per heavy atom. The molecule has 2 aromatic heterocycles. The Labute approximate surface area is 90.7 Å². The van der Waals surface area contributed by atoms with E-state index >= 15 is 0 Å². The number of hydrogen-bond donors (Lipinski definition) is 1. The minimum atomic E-state index is -1.29. The largest absolute Gasteiger partial charge is 0.333 e. The van der Waals surface area contributed by atoms with Crippen molar-refractivity contribution in [1.82, 2.24) is 9.97 Å². The fraction of sp³-hybridized carbons (Fsp3) is 0.250. The molecule has 0 aliphatic carbocycles. The van der Waals surface area contributed by atoms with Gasteiger partial charge in [0.2, 0.25) is 0 Å². The van der Waals surface area contributed by atoms with Crippen molar-refractivity contribution in [3.63, 3.8) is 0 Å². The molecule has 0 aliphatic heterocycles. The molecule has 0 radical (unpaired) electrons. The Morgan fingerprint density at radius 1 is 1.33 bits per heavy atom. The second-order valence-corrected chi connectivity index (χ2v) is 9.37. The molecular formula is C12H14N2Si. The SMILES string of the molecule is C[Si](C)(C)C#Cc1cc2cccnc2[nH]1. The summed E-state index contributed by atoms with van der Waals surface area (Å²) in [6.07, 6.45) is 1.79. The molecule has 1 N–H and O–H groups in total. The lowest BCUT2D eigenvalue weighted by Gasteiger charge is -2.02. The van der Waals surface area contributed by atoms with Crippen molar-refractivity contribution in [3.8, 4) is 11.5 Å². The van der Waals surface area contributed by atoms with Gasteiger partial charge in [-0.2, -0.15) is 0 Å². The van der Waals surface area contributed by atoms with Crippen LogP contribution in [-0.4, -0.2) is 18.0 Å². The van der Waals surface area contributed by atoms with Crippen LogP contribution in [0.15, 0.2) is 24.4 Å². The minimum Gasteiger partial charge on any atom is -0.333 e. The summed E-state index contributed by atoms with van der Waals surface area (Å²) in [5.74, 6) is 3.19. The van der Waals surface area contributed by atoms with Gasteiger partial charge < -0.3 is 4.98 Å². The quantitative estimate of drug-likeness (QED) is 0.530. The highest BCUT2D eigenvalue weighted by atomic mass is 28.3. The van der Waals surface area contributed by atoms with Gasteiger partial charge in [0.25, 0.3) is 0 Å². The Kier molecular flexibility index (Phi) is 2.37. The topological polar surface area (TPSA) is 28.7 Å². The smallest absolute Gasteiger partial charge is 0.138 e. The van der Waals surface area contributed by atoms with Gasteiger partial charge in [-0.15, -0.1) is 5.54 Å². The normalized spacial score (nSPS) is 11.1. The molecule has 0 saturated carbocycles. The van der Waals surface area contributed by atoms with E-state index < -0.39 is 8.07 Å². The molecule has 0 unspecified atom stereocenters. The van der Waals surface area contributed by atoms with Gasteiger partial charge in [0.05, 0.1) is 5.69 Å². The van der Waals surface area contributed by atoms with Crippen LogP contribution in [0.25, 0.3) is 11.0 Å². The third-order valence-electron chi connectivity index (χ3n) is 1.96. The average Bonchev–Trinajstić information content (AvgIpc) is 2.56. The second kappa shape index (κ2) is 3.56. The van der Waals surface area contributed by atoms with Gasteiger partial charge in [-0.3, -0.25) is 0 Å². The molecule has 0 saturated heterocycles. The van der Waals surface area contributed by atoms with Crippen LogP contribution in [0.5, 0.6) is 0 Å². The summed E-state index contributed by atoms with van der Waals surface area (Å²) in [4.78, 5) is 7.44. The summed E-state index contributed by atoms with van der Waals surface area (Å²) >= 11 is 0. The first-order chi connectivity index (χ1) is 7.04. The lowest BCUT2D eigenvalue weighted by atomic mass is 10.3. The van der Waals surface area contributed by atoms with Gasteiger partial charge in [-0.05, 0) is 18.2 Å². The van der Waals surface area contributed by atoms with Crippen molar-refractivity contribution in [3.05, 3.63) is 30.1 Å². The predicted molar refractivity (Wildman–Crippen MR) is 66.3 cm³/mol. The molecule has 76 valence electrons. The molecule has 2 rings (SSSR count). The second-order valence-electron chi connectivity index (χ2n) is 4.62. The molecule has 0 aromatic carbocycles. The van der Waals surface area contributed by atoms with Crippen LogP contribution < -0.4 is 0 Å². The number of fused-ring (bicyclic) bond motifs is 1.